The second kappa shape index (κ2) is 6.14. The van der Waals surface area contributed by atoms with Gasteiger partial charge < -0.3 is 4.90 Å². The van der Waals surface area contributed by atoms with E-state index in [1.54, 1.807) is 43.6 Å². The Morgan fingerprint density at radius 1 is 1.39 bits per heavy atom. The molecule has 118 valence electrons. The molecule has 23 heavy (non-hydrogen) atoms. The van der Waals surface area contributed by atoms with Crippen molar-refractivity contribution in [3.63, 3.8) is 0 Å². The fraction of sp³-hybridized carbons (Fsp3) is 0.188. The van der Waals surface area contributed by atoms with Crippen LogP contribution in [0.3, 0.4) is 0 Å². The Bertz CT molecular complexity index is 934. The summed E-state index contributed by atoms with van der Waals surface area (Å²) < 4.78 is 1.53. The van der Waals surface area contributed by atoms with Gasteiger partial charge in [0.1, 0.15) is 0 Å². The third kappa shape index (κ3) is 3.00. The van der Waals surface area contributed by atoms with Gasteiger partial charge in [-0.1, -0.05) is 17.7 Å². The maximum Gasteiger partial charge on any atom is 0.278 e. The van der Waals surface area contributed by atoms with E-state index in [0.717, 1.165) is 4.88 Å². The van der Waals surface area contributed by atoms with E-state index in [4.69, 9.17) is 11.6 Å². The fourth-order valence-electron chi connectivity index (χ4n) is 2.38. The molecule has 0 saturated heterocycles. The van der Waals surface area contributed by atoms with Gasteiger partial charge in [-0.25, -0.2) is 0 Å². The van der Waals surface area contributed by atoms with Crippen LogP contribution in [0.15, 0.2) is 40.5 Å². The van der Waals surface area contributed by atoms with Gasteiger partial charge in [0, 0.05) is 24.0 Å². The number of hydrogen-bond acceptors (Lipinski definition) is 4. The average molecular weight is 348 g/mol. The van der Waals surface area contributed by atoms with Crippen LogP contribution in [0, 0.1) is 0 Å². The van der Waals surface area contributed by atoms with E-state index in [0.29, 0.717) is 22.5 Å². The number of aromatic nitrogens is 2. The fourth-order valence-corrected chi connectivity index (χ4v) is 3.31. The maximum atomic E-state index is 12.6. The SMILES string of the molecule is CN(Cc1cccs1)C(=O)c1nn(C)c2ccc(Cl)cc2c1=O. The Kier molecular flexibility index (Phi) is 4.19. The monoisotopic (exact) mass is 347 g/mol. The van der Waals surface area contributed by atoms with Crippen molar-refractivity contribution < 1.29 is 4.79 Å². The number of thiophene rings is 1. The molecule has 0 aliphatic carbocycles. The number of halogens is 1. The summed E-state index contributed by atoms with van der Waals surface area (Å²) in [6.45, 7) is 0.439. The lowest BCUT2D eigenvalue weighted by atomic mass is 10.2. The van der Waals surface area contributed by atoms with E-state index in [2.05, 4.69) is 5.10 Å². The van der Waals surface area contributed by atoms with Crippen LogP contribution in [0.4, 0.5) is 0 Å². The first-order chi connectivity index (χ1) is 11.0. The molecule has 0 unspecified atom stereocenters. The van der Waals surface area contributed by atoms with Crippen LogP contribution < -0.4 is 5.43 Å². The van der Waals surface area contributed by atoms with Crippen molar-refractivity contribution in [1.29, 1.82) is 0 Å². The summed E-state index contributed by atoms with van der Waals surface area (Å²) in [5.41, 5.74) is 0.141. The summed E-state index contributed by atoms with van der Waals surface area (Å²) in [5, 5.41) is 6.94. The third-order valence-corrected chi connectivity index (χ3v) is 4.64. The van der Waals surface area contributed by atoms with Gasteiger partial charge in [-0.2, -0.15) is 5.10 Å². The van der Waals surface area contributed by atoms with E-state index < -0.39 is 11.3 Å². The minimum atomic E-state index is -0.402. The molecule has 0 fully saturated rings. The van der Waals surface area contributed by atoms with Crippen LogP contribution in [0.5, 0.6) is 0 Å². The number of carbonyl (C=O) groups excluding carboxylic acids is 1. The predicted molar refractivity (Wildman–Crippen MR) is 92.1 cm³/mol. The Labute approximate surface area is 141 Å². The van der Waals surface area contributed by atoms with E-state index in [1.807, 2.05) is 17.5 Å². The van der Waals surface area contributed by atoms with E-state index >= 15 is 0 Å². The van der Waals surface area contributed by atoms with Crippen LogP contribution in [0.2, 0.25) is 5.02 Å². The lowest BCUT2D eigenvalue weighted by Crippen LogP contribution is -2.33. The largest absolute Gasteiger partial charge is 0.335 e. The molecule has 0 saturated carbocycles. The second-order valence-corrected chi connectivity index (χ2v) is 6.67. The molecule has 1 amide bonds. The Morgan fingerprint density at radius 2 is 2.17 bits per heavy atom. The van der Waals surface area contributed by atoms with Crippen molar-refractivity contribution >= 4 is 39.7 Å². The highest BCUT2D eigenvalue weighted by molar-refractivity contribution is 7.09. The molecular formula is C16H14ClN3O2S. The quantitative estimate of drug-likeness (QED) is 0.732. The smallest absolute Gasteiger partial charge is 0.278 e. The number of hydrogen-bond donors (Lipinski definition) is 0. The number of nitrogens with zero attached hydrogens (tertiary/aromatic N) is 3. The van der Waals surface area contributed by atoms with Gasteiger partial charge in [0.15, 0.2) is 5.69 Å². The van der Waals surface area contributed by atoms with Gasteiger partial charge in [-0.05, 0) is 29.6 Å². The normalized spacial score (nSPS) is 10.9. The molecule has 2 aromatic heterocycles. The van der Waals surface area contributed by atoms with Gasteiger partial charge in [-0.15, -0.1) is 11.3 Å². The molecule has 0 bridgehead atoms. The molecule has 0 aliphatic rings. The van der Waals surface area contributed by atoms with Crippen molar-refractivity contribution in [3.05, 3.63) is 61.5 Å². The zero-order valence-corrected chi connectivity index (χ0v) is 14.2. The lowest BCUT2D eigenvalue weighted by Gasteiger charge is -2.16. The standard InChI is InChI=1S/C16H14ClN3O2S/c1-19(9-11-4-3-7-23-11)16(22)14-15(21)12-8-10(17)5-6-13(12)20(2)18-14/h3-8H,9H2,1-2H3. The van der Waals surface area contributed by atoms with E-state index in [-0.39, 0.29) is 5.69 Å². The number of rotatable bonds is 3. The van der Waals surface area contributed by atoms with E-state index in [1.165, 1.54) is 9.58 Å². The molecule has 0 N–H and O–H groups in total. The maximum absolute atomic E-state index is 12.6. The van der Waals surface area contributed by atoms with Crippen LogP contribution in [-0.4, -0.2) is 27.6 Å². The first-order valence-electron chi connectivity index (χ1n) is 6.92. The summed E-state index contributed by atoms with van der Waals surface area (Å²) in [6, 6.07) is 8.84. The molecule has 7 heteroatoms. The van der Waals surface area contributed by atoms with Crippen LogP contribution >= 0.6 is 22.9 Å². The lowest BCUT2D eigenvalue weighted by molar-refractivity contribution is 0.0777. The first-order valence-corrected chi connectivity index (χ1v) is 8.17. The van der Waals surface area contributed by atoms with Crippen molar-refractivity contribution in [2.75, 3.05) is 7.05 Å². The number of carbonyl (C=O) groups is 1. The first kappa shape index (κ1) is 15.7. The van der Waals surface area contributed by atoms with Crippen molar-refractivity contribution in [1.82, 2.24) is 14.7 Å². The highest BCUT2D eigenvalue weighted by atomic mass is 35.5. The zero-order valence-electron chi connectivity index (χ0n) is 12.6. The molecule has 3 aromatic rings. The van der Waals surface area contributed by atoms with Crippen molar-refractivity contribution in [2.24, 2.45) is 7.05 Å². The minimum Gasteiger partial charge on any atom is -0.335 e. The highest BCUT2D eigenvalue weighted by Gasteiger charge is 2.20. The van der Waals surface area contributed by atoms with Crippen molar-refractivity contribution in [3.8, 4) is 0 Å². The summed E-state index contributed by atoms with van der Waals surface area (Å²) in [4.78, 5) is 27.7. The average Bonchev–Trinajstić information content (AvgIpc) is 3.03. The number of fused-ring (bicyclic) bond motifs is 1. The Balaban J connectivity index is 2.03. The van der Waals surface area contributed by atoms with Crippen molar-refractivity contribution in [2.45, 2.75) is 6.54 Å². The number of aryl methyl sites for hydroxylation is 1. The van der Waals surface area contributed by atoms with Crippen LogP contribution in [-0.2, 0) is 13.6 Å². The van der Waals surface area contributed by atoms with Crippen LogP contribution in [0.1, 0.15) is 15.4 Å². The molecule has 0 atom stereocenters. The molecule has 0 radical (unpaired) electrons. The highest BCUT2D eigenvalue weighted by Crippen LogP contribution is 2.17. The van der Waals surface area contributed by atoms with Crippen LogP contribution in [0.25, 0.3) is 10.9 Å². The summed E-state index contributed by atoms with van der Waals surface area (Å²) in [7, 11) is 3.36. The van der Waals surface area contributed by atoms with E-state index in [9.17, 15) is 9.59 Å². The summed E-state index contributed by atoms with van der Waals surface area (Å²) >= 11 is 7.53. The van der Waals surface area contributed by atoms with Gasteiger partial charge in [-0.3, -0.25) is 14.3 Å². The van der Waals surface area contributed by atoms with Gasteiger partial charge in [0.25, 0.3) is 5.91 Å². The summed E-state index contributed by atoms with van der Waals surface area (Å²) in [5.74, 6) is -0.402. The topological polar surface area (TPSA) is 55.2 Å². The van der Waals surface area contributed by atoms with Gasteiger partial charge in [0.05, 0.1) is 17.4 Å². The molecule has 5 nitrogen and oxygen atoms in total. The molecule has 0 spiro atoms. The minimum absolute atomic E-state index is 0.0960. The predicted octanol–water partition coefficient (Wildman–Crippen LogP) is 2.92. The second-order valence-electron chi connectivity index (χ2n) is 5.20. The molecular weight excluding hydrogens is 334 g/mol. The Hall–Kier alpha value is -2.18. The molecule has 0 aliphatic heterocycles. The summed E-state index contributed by atoms with van der Waals surface area (Å²) in [6.07, 6.45) is 0. The molecule has 1 aromatic carbocycles. The number of amides is 1. The number of benzene rings is 1. The van der Waals surface area contributed by atoms with Gasteiger partial charge >= 0.3 is 0 Å². The Morgan fingerprint density at radius 3 is 2.87 bits per heavy atom. The van der Waals surface area contributed by atoms with Gasteiger partial charge in [0.2, 0.25) is 5.43 Å². The third-order valence-electron chi connectivity index (χ3n) is 3.54. The molecule has 3 rings (SSSR count). The molecule has 2 heterocycles. The zero-order chi connectivity index (χ0) is 16.6.